The molecule has 0 radical (unpaired) electrons. The van der Waals surface area contributed by atoms with Crippen molar-refractivity contribution in [2.24, 2.45) is 11.8 Å². The summed E-state index contributed by atoms with van der Waals surface area (Å²) in [5.74, 6) is 2.18. The molecule has 2 aliphatic rings. The predicted octanol–water partition coefficient (Wildman–Crippen LogP) is 4.85. The largest absolute Gasteiger partial charge is 0.396 e. The maximum Gasteiger partial charge on any atom is 0.230 e. The Morgan fingerprint density at radius 2 is 1.91 bits per heavy atom. The van der Waals surface area contributed by atoms with E-state index in [2.05, 4.69) is 26.8 Å². The Hall–Kier alpha value is -3.10. The molecule has 3 N–H and O–H groups in total. The van der Waals surface area contributed by atoms with E-state index in [1.54, 1.807) is 0 Å². The second-order valence-corrected chi connectivity index (χ2v) is 10.3. The van der Waals surface area contributed by atoms with Gasteiger partial charge < -0.3 is 20.1 Å². The number of aromatic nitrogens is 5. The molecule has 4 aromatic rings. The summed E-state index contributed by atoms with van der Waals surface area (Å²) in [6.45, 7) is 2.48. The van der Waals surface area contributed by atoms with Gasteiger partial charge >= 0.3 is 0 Å². The van der Waals surface area contributed by atoms with Crippen LogP contribution in [0.1, 0.15) is 68.9 Å². The van der Waals surface area contributed by atoms with Crippen LogP contribution in [0, 0.1) is 11.8 Å². The molecular formula is C27H32N6O2. The van der Waals surface area contributed by atoms with E-state index >= 15 is 0 Å². The van der Waals surface area contributed by atoms with Gasteiger partial charge in [0.25, 0.3) is 0 Å². The Labute approximate surface area is 204 Å². The van der Waals surface area contributed by atoms with Crippen LogP contribution < -0.4 is 5.32 Å². The Morgan fingerprint density at radius 3 is 2.74 bits per heavy atom. The van der Waals surface area contributed by atoms with Crippen molar-refractivity contribution < 1.29 is 10.2 Å². The molecule has 2 aliphatic carbocycles. The van der Waals surface area contributed by atoms with Gasteiger partial charge in [-0.3, -0.25) is 4.98 Å². The van der Waals surface area contributed by atoms with E-state index in [0.717, 1.165) is 52.7 Å². The Kier molecular flexibility index (Phi) is 5.86. The molecule has 1 unspecified atom stereocenters. The summed E-state index contributed by atoms with van der Waals surface area (Å²) >= 11 is 0. The summed E-state index contributed by atoms with van der Waals surface area (Å²) in [6, 6.07) is 6.39. The van der Waals surface area contributed by atoms with Gasteiger partial charge in [-0.1, -0.05) is 13.0 Å². The Balaban J connectivity index is 1.35. The molecule has 182 valence electrons. The van der Waals surface area contributed by atoms with Crippen molar-refractivity contribution in [3.05, 3.63) is 48.0 Å². The molecule has 1 fully saturated rings. The summed E-state index contributed by atoms with van der Waals surface area (Å²) in [6.07, 6.45) is 11.9. The molecule has 6 rings (SSSR count). The lowest BCUT2D eigenvalue weighted by molar-refractivity contribution is 0.116. The van der Waals surface area contributed by atoms with Gasteiger partial charge in [-0.2, -0.15) is 4.98 Å². The summed E-state index contributed by atoms with van der Waals surface area (Å²) in [5.41, 5.74) is 3.79. The number of pyridine rings is 2. The summed E-state index contributed by atoms with van der Waals surface area (Å²) in [4.78, 5) is 18.7. The van der Waals surface area contributed by atoms with Crippen LogP contribution in [-0.4, -0.2) is 41.3 Å². The first-order valence-electron chi connectivity index (χ1n) is 12.8. The monoisotopic (exact) mass is 472 g/mol. The van der Waals surface area contributed by atoms with E-state index in [4.69, 9.17) is 9.97 Å². The van der Waals surface area contributed by atoms with E-state index in [9.17, 15) is 10.2 Å². The quantitative estimate of drug-likeness (QED) is 0.381. The molecule has 0 saturated heterocycles. The number of nitrogens with zero attached hydrogens (tertiary/aromatic N) is 5. The first-order valence-corrected chi connectivity index (χ1v) is 12.8. The van der Waals surface area contributed by atoms with Gasteiger partial charge in [0.2, 0.25) is 5.95 Å². The predicted molar refractivity (Wildman–Crippen MR) is 135 cm³/mol. The van der Waals surface area contributed by atoms with Gasteiger partial charge in [0.05, 0.1) is 23.5 Å². The van der Waals surface area contributed by atoms with Crippen molar-refractivity contribution in [2.75, 3.05) is 11.9 Å². The summed E-state index contributed by atoms with van der Waals surface area (Å²) in [5, 5.41) is 25.4. The number of rotatable bonds is 5. The second-order valence-electron chi connectivity index (χ2n) is 10.3. The topological polar surface area (TPSA) is 109 Å². The molecule has 1 saturated carbocycles. The molecule has 0 aliphatic heterocycles. The van der Waals surface area contributed by atoms with Crippen LogP contribution in [0.4, 0.5) is 11.8 Å². The number of hydrogen-bond donors (Lipinski definition) is 3. The van der Waals surface area contributed by atoms with Crippen LogP contribution in [0.25, 0.3) is 21.9 Å². The fraction of sp³-hybridized carbons (Fsp3) is 0.481. The SMILES string of the molecule is CC1CCC(n2c3cnccc3c3cnc(Nc4ccc5c(n4)[C@H](O)CC(CCO)C5)nc32)CC1. The van der Waals surface area contributed by atoms with E-state index < -0.39 is 6.10 Å². The minimum Gasteiger partial charge on any atom is -0.396 e. The van der Waals surface area contributed by atoms with E-state index in [-0.39, 0.29) is 12.5 Å². The van der Waals surface area contributed by atoms with Gasteiger partial charge in [-0.05, 0) is 74.5 Å². The summed E-state index contributed by atoms with van der Waals surface area (Å²) < 4.78 is 2.36. The zero-order valence-corrected chi connectivity index (χ0v) is 20.1. The first kappa shape index (κ1) is 22.4. The highest BCUT2D eigenvalue weighted by Crippen LogP contribution is 2.39. The number of anilines is 2. The lowest BCUT2D eigenvalue weighted by Crippen LogP contribution is -2.21. The Morgan fingerprint density at radius 1 is 1.06 bits per heavy atom. The smallest absolute Gasteiger partial charge is 0.230 e. The average Bonchev–Trinajstić information content (AvgIpc) is 3.19. The highest BCUT2D eigenvalue weighted by atomic mass is 16.3. The molecule has 0 bridgehead atoms. The van der Waals surface area contributed by atoms with Gasteiger partial charge in [0, 0.05) is 35.8 Å². The fourth-order valence-corrected chi connectivity index (χ4v) is 5.97. The minimum atomic E-state index is -0.621. The molecule has 8 heteroatoms. The molecule has 0 spiro atoms. The number of hydrogen-bond acceptors (Lipinski definition) is 7. The standard InChI is InChI=1S/C27H32N6O2/c1-16-2-5-19(6-3-16)33-22-15-28-10-8-20(22)21-14-29-27(32-26(21)33)31-24-7-4-18-12-17(9-11-34)13-23(35)25(18)30-24/h4,7-8,10,14-17,19,23,34-35H,2-3,5-6,9,11-13H2,1H3,(H,29,30,31,32)/t16?,17?,19?,23-/m1/s1. The molecule has 35 heavy (non-hydrogen) atoms. The van der Waals surface area contributed by atoms with Gasteiger partial charge in [0.1, 0.15) is 11.5 Å². The minimum absolute atomic E-state index is 0.145. The first-order chi connectivity index (χ1) is 17.1. The molecule has 2 atom stereocenters. The number of nitrogens with one attached hydrogen (secondary N) is 1. The van der Waals surface area contributed by atoms with Crippen molar-refractivity contribution in [3.63, 3.8) is 0 Å². The average molecular weight is 473 g/mol. The summed E-state index contributed by atoms with van der Waals surface area (Å²) in [7, 11) is 0. The molecular weight excluding hydrogens is 440 g/mol. The molecule has 4 aromatic heterocycles. The van der Waals surface area contributed by atoms with Crippen molar-refractivity contribution in [3.8, 4) is 0 Å². The number of aliphatic hydroxyl groups excluding tert-OH is 2. The van der Waals surface area contributed by atoms with Crippen LogP contribution in [0.3, 0.4) is 0 Å². The maximum atomic E-state index is 10.7. The highest BCUT2D eigenvalue weighted by Gasteiger charge is 2.27. The Bertz CT molecular complexity index is 1360. The third-order valence-electron chi connectivity index (χ3n) is 7.87. The highest BCUT2D eigenvalue weighted by molar-refractivity contribution is 6.06. The van der Waals surface area contributed by atoms with E-state index in [0.29, 0.717) is 36.3 Å². The molecule has 8 nitrogen and oxygen atoms in total. The third-order valence-corrected chi connectivity index (χ3v) is 7.87. The maximum absolute atomic E-state index is 10.7. The van der Waals surface area contributed by atoms with Crippen LogP contribution in [0.5, 0.6) is 0 Å². The van der Waals surface area contributed by atoms with Crippen molar-refractivity contribution >= 4 is 33.7 Å². The van der Waals surface area contributed by atoms with Gasteiger partial charge in [-0.15, -0.1) is 0 Å². The zero-order chi connectivity index (χ0) is 23.9. The number of aliphatic hydroxyl groups is 2. The van der Waals surface area contributed by atoms with Crippen LogP contribution in [-0.2, 0) is 6.42 Å². The lowest BCUT2D eigenvalue weighted by Gasteiger charge is -2.28. The van der Waals surface area contributed by atoms with Crippen molar-refractivity contribution in [1.29, 1.82) is 0 Å². The van der Waals surface area contributed by atoms with Crippen LogP contribution in [0.2, 0.25) is 0 Å². The van der Waals surface area contributed by atoms with E-state index in [1.807, 2.05) is 36.8 Å². The van der Waals surface area contributed by atoms with Crippen molar-refractivity contribution in [1.82, 2.24) is 24.5 Å². The molecule has 0 amide bonds. The lowest BCUT2D eigenvalue weighted by atomic mass is 9.83. The van der Waals surface area contributed by atoms with Crippen LogP contribution in [0.15, 0.2) is 36.8 Å². The molecule has 0 aromatic carbocycles. The fourth-order valence-electron chi connectivity index (χ4n) is 5.97. The zero-order valence-electron chi connectivity index (χ0n) is 20.1. The van der Waals surface area contributed by atoms with Crippen molar-refractivity contribution in [2.45, 2.75) is 64.0 Å². The van der Waals surface area contributed by atoms with Gasteiger partial charge in [-0.25, -0.2) is 9.97 Å². The normalized spacial score (nSPS) is 24.5. The van der Waals surface area contributed by atoms with Crippen LogP contribution >= 0.6 is 0 Å². The number of fused-ring (bicyclic) bond motifs is 4. The second kappa shape index (κ2) is 9.17. The third kappa shape index (κ3) is 4.15. The molecule has 4 heterocycles. The van der Waals surface area contributed by atoms with Gasteiger partial charge in [0.15, 0.2) is 0 Å². The van der Waals surface area contributed by atoms with E-state index in [1.165, 1.54) is 12.8 Å².